The van der Waals surface area contributed by atoms with Crippen LogP contribution in [0.25, 0.3) is 0 Å². The quantitative estimate of drug-likeness (QED) is 0.631. The van der Waals surface area contributed by atoms with Crippen molar-refractivity contribution in [2.24, 2.45) is 0 Å². The number of rotatable bonds is 4. The minimum absolute atomic E-state index is 0.0799. The summed E-state index contributed by atoms with van der Waals surface area (Å²) in [6.07, 6.45) is 2.67. The van der Waals surface area contributed by atoms with Crippen molar-refractivity contribution in [1.29, 1.82) is 0 Å². The number of benzene rings is 2. The molecule has 23 heavy (non-hydrogen) atoms. The molecule has 0 spiro atoms. The number of Topliss-reactive ketones (excluding diaryl/α,β-unsaturated/α-hetero) is 1. The second-order valence-corrected chi connectivity index (χ2v) is 6.23. The van der Waals surface area contributed by atoms with Crippen LogP contribution in [0.4, 0.5) is 0 Å². The molecule has 116 valence electrons. The first-order chi connectivity index (χ1) is 11.1. The smallest absolute Gasteiger partial charge is 0.159 e. The largest absolute Gasteiger partial charge is 0.299 e. The van der Waals surface area contributed by atoms with E-state index in [2.05, 4.69) is 48.1 Å². The predicted molar refractivity (Wildman–Crippen MR) is 93.4 cm³/mol. The minimum atomic E-state index is 0.0799. The van der Waals surface area contributed by atoms with Crippen molar-refractivity contribution in [1.82, 2.24) is 4.90 Å². The molecule has 0 aliphatic heterocycles. The molecular weight excluding hydrogens is 282 g/mol. The van der Waals surface area contributed by atoms with Gasteiger partial charge in [0, 0.05) is 29.3 Å². The maximum atomic E-state index is 11.3. The fraction of sp³-hybridized carbons (Fsp3) is 0.286. The van der Waals surface area contributed by atoms with E-state index in [4.69, 9.17) is 0 Å². The Bertz CT molecular complexity index is 743. The zero-order valence-corrected chi connectivity index (χ0v) is 13.7. The average molecular weight is 303 g/mol. The Kier molecular flexibility index (Phi) is 4.60. The van der Waals surface area contributed by atoms with E-state index in [-0.39, 0.29) is 5.78 Å². The minimum Gasteiger partial charge on any atom is -0.299 e. The SMILES string of the molecule is CC(=O)c1ccc(C#Cc2ccc(CN(C)C3CC3)cc2)cc1. The molecule has 0 aromatic heterocycles. The van der Waals surface area contributed by atoms with Crippen molar-refractivity contribution >= 4 is 5.78 Å². The fourth-order valence-electron chi connectivity index (χ4n) is 2.56. The summed E-state index contributed by atoms with van der Waals surface area (Å²) in [5, 5.41) is 0. The van der Waals surface area contributed by atoms with Crippen LogP contribution in [0, 0.1) is 11.8 Å². The zero-order chi connectivity index (χ0) is 16.2. The van der Waals surface area contributed by atoms with Gasteiger partial charge in [0.1, 0.15) is 0 Å². The Hall–Kier alpha value is -2.37. The van der Waals surface area contributed by atoms with Gasteiger partial charge in [0.05, 0.1) is 0 Å². The van der Waals surface area contributed by atoms with E-state index in [9.17, 15) is 4.79 Å². The molecule has 2 aromatic rings. The zero-order valence-electron chi connectivity index (χ0n) is 13.7. The van der Waals surface area contributed by atoms with Crippen LogP contribution in [0.5, 0.6) is 0 Å². The van der Waals surface area contributed by atoms with Crippen molar-refractivity contribution in [3.63, 3.8) is 0 Å². The van der Waals surface area contributed by atoms with Crippen LogP contribution in [0.3, 0.4) is 0 Å². The Morgan fingerprint density at radius 3 is 2.00 bits per heavy atom. The predicted octanol–water partition coefficient (Wildman–Crippen LogP) is 3.88. The molecule has 2 heteroatoms. The molecule has 1 fully saturated rings. The lowest BCUT2D eigenvalue weighted by molar-refractivity contribution is 0.101. The second-order valence-electron chi connectivity index (χ2n) is 6.23. The van der Waals surface area contributed by atoms with E-state index >= 15 is 0 Å². The summed E-state index contributed by atoms with van der Waals surface area (Å²) in [4.78, 5) is 13.7. The Balaban J connectivity index is 1.64. The monoisotopic (exact) mass is 303 g/mol. The fourth-order valence-corrected chi connectivity index (χ4v) is 2.56. The number of carbonyl (C=O) groups is 1. The van der Waals surface area contributed by atoms with Crippen LogP contribution in [0.2, 0.25) is 0 Å². The third-order valence-corrected chi connectivity index (χ3v) is 4.20. The van der Waals surface area contributed by atoms with Gasteiger partial charge in [0.15, 0.2) is 5.78 Å². The molecule has 3 rings (SSSR count). The molecule has 0 heterocycles. The van der Waals surface area contributed by atoms with Crippen LogP contribution in [0.1, 0.15) is 46.8 Å². The summed E-state index contributed by atoms with van der Waals surface area (Å²) in [5.74, 6) is 6.40. The molecule has 1 saturated carbocycles. The third kappa shape index (κ3) is 4.31. The van der Waals surface area contributed by atoms with E-state index in [0.29, 0.717) is 0 Å². The van der Waals surface area contributed by atoms with E-state index in [1.165, 1.54) is 18.4 Å². The van der Waals surface area contributed by atoms with Crippen LogP contribution in [0.15, 0.2) is 48.5 Å². The number of carbonyl (C=O) groups excluding carboxylic acids is 1. The van der Waals surface area contributed by atoms with Crippen LogP contribution in [-0.4, -0.2) is 23.8 Å². The molecule has 0 unspecified atom stereocenters. The van der Waals surface area contributed by atoms with Crippen LogP contribution in [-0.2, 0) is 6.54 Å². The lowest BCUT2D eigenvalue weighted by atomic mass is 10.1. The van der Waals surface area contributed by atoms with Crippen molar-refractivity contribution in [3.8, 4) is 11.8 Å². The summed E-state index contributed by atoms with van der Waals surface area (Å²) < 4.78 is 0. The second kappa shape index (κ2) is 6.81. The molecule has 0 bridgehead atoms. The number of nitrogens with zero attached hydrogens (tertiary/aromatic N) is 1. The molecule has 0 saturated heterocycles. The van der Waals surface area contributed by atoms with Crippen molar-refractivity contribution in [2.75, 3.05) is 7.05 Å². The van der Waals surface area contributed by atoms with Gasteiger partial charge in [-0.1, -0.05) is 36.1 Å². The van der Waals surface area contributed by atoms with E-state index in [1.54, 1.807) is 6.92 Å². The first kappa shape index (κ1) is 15.5. The maximum Gasteiger partial charge on any atom is 0.159 e. The van der Waals surface area contributed by atoms with E-state index in [0.717, 1.165) is 29.3 Å². The summed E-state index contributed by atoms with van der Waals surface area (Å²) in [5.41, 5.74) is 3.99. The summed E-state index contributed by atoms with van der Waals surface area (Å²) in [6.45, 7) is 2.58. The molecule has 1 aliphatic carbocycles. The highest BCUT2D eigenvalue weighted by molar-refractivity contribution is 5.94. The van der Waals surface area contributed by atoms with Gasteiger partial charge >= 0.3 is 0 Å². The molecular formula is C21H21NO. The highest BCUT2D eigenvalue weighted by Gasteiger charge is 2.25. The van der Waals surface area contributed by atoms with Gasteiger partial charge in [-0.25, -0.2) is 0 Å². The van der Waals surface area contributed by atoms with Crippen molar-refractivity contribution < 1.29 is 4.79 Å². The van der Waals surface area contributed by atoms with Gasteiger partial charge in [-0.2, -0.15) is 0 Å². The van der Waals surface area contributed by atoms with Crippen LogP contribution >= 0.6 is 0 Å². The normalized spacial score (nSPS) is 13.5. The van der Waals surface area contributed by atoms with Gasteiger partial charge in [-0.3, -0.25) is 9.69 Å². The average Bonchev–Trinajstić information content (AvgIpc) is 3.39. The highest BCUT2D eigenvalue weighted by atomic mass is 16.1. The van der Waals surface area contributed by atoms with Gasteiger partial charge < -0.3 is 0 Å². The number of hydrogen-bond acceptors (Lipinski definition) is 2. The number of hydrogen-bond donors (Lipinski definition) is 0. The number of ketones is 1. The molecule has 0 N–H and O–H groups in total. The topological polar surface area (TPSA) is 20.3 Å². The lowest BCUT2D eigenvalue weighted by Crippen LogP contribution is -2.19. The molecule has 0 radical (unpaired) electrons. The molecule has 0 atom stereocenters. The summed E-state index contributed by atoms with van der Waals surface area (Å²) in [6, 6.07) is 16.7. The Labute approximate surface area is 138 Å². The Morgan fingerprint density at radius 2 is 1.52 bits per heavy atom. The van der Waals surface area contributed by atoms with Crippen molar-refractivity contribution in [3.05, 3.63) is 70.8 Å². The van der Waals surface area contributed by atoms with E-state index < -0.39 is 0 Å². The first-order valence-electron chi connectivity index (χ1n) is 8.04. The molecule has 1 aliphatic rings. The van der Waals surface area contributed by atoms with Gasteiger partial charge in [-0.15, -0.1) is 0 Å². The first-order valence-corrected chi connectivity index (χ1v) is 8.04. The van der Waals surface area contributed by atoms with Gasteiger partial charge in [0.25, 0.3) is 0 Å². The molecule has 0 amide bonds. The van der Waals surface area contributed by atoms with Crippen molar-refractivity contribution in [2.45, 2.75) is 32.4 Å². The third-order valence-electron chi connectivity index (χ3n) is 4.20. The highest BCUT2D eigenvalue weighted by Crippen LogP contribution is 2.26. The summed E-state index contributed by atoms with van der Waals surface area (Å²) >= 11 is 0. The Morgan fingerprint density at radius 1 is 1.00 bits per heavy atom. The molecule has 2 aromatic carbocycles. The van der Waals surface area contributed by atoms with E-state index in [1.807, 2.05) is 24.3 Å². The van der Waals surface area contributed by atoms with Gasteiger partial charge in [0.2, 0.25) is 0 Å². The maximum absolute atomic E-state index is 11.3. The lowest BCUT2D eigenvalue weighted by Gasteiger charge is -2.15. The standard InChI is InChI=1S/C21H21NO/c1-16(23)20-11-9-18(10-12-20)4-3-17-5-7-19(8-6-17)15-22(2)21-13-14-21/h5-12,21H,13-15H2,1-2H3. The van der Waals surface area contributed by atoms with Gasteiger partial charge in [-0.05, 0) is 56.6 Å². The summed E-state index contributed by atoms with van der Waals surface area (Å²) in [7, 11) is 2.19. The molecule has 2 nitrogen and oxygen atoms in total. The van der Waals surface area contributed by atoms with Crippen LogP contribution < -0.4 is 0 Å².